The molecule has 0 amide bonds. The maximum atomic E-state index is 5.46. The molecule has 3 heterocycles. The first-order valence-electron chi connectivity index (χ1n) is 9.71. The van der Waals surface area contributed by atoms with Gasteiger partial charge in [-0.1, -0.05) is 24.3 Å². The van der Waals surface area contributed by atoms with Crippen molar-refractivity contribution in [3.8, 4) is 0 Å². The number of ether oxygens (including phenoxy) is 2. The summed E-state index contributed by atoms with van der Waals surface area (Å²) >= 11 is 0. The molecule has 1 aromatic heterocycles. The van der Waals surface area contributed by atoms with E-state index in [2.05, 4.69) is 50.4 Å². The van der Waals surface area contributed by atoms with E-state index in [0.717, 1.165) is 63.9 Å². The van der Waals surface area contributed by atoms with E-state index in [0.29, 0.717) is 0 Å². The number of nitrogens with one attached hydrogen (secondary N) is 1. The molecule has 6 nitrogen and oxygen atoms in total. The Morgan fingerprint density at radius 1 is 1.22 bits per heavy atom. The van der Waals surface area contributed by atoms with E-state index in [1.165, 1.54) is 11.1 Å². The Labute approximate surface area is 161 Å². The number of rotatable bonds is 7. The minimum atomic E-state index is 0.108. The number of nitrogens with zero attached hydrogens (tertiary/aromatic N) is 3. The molecule has 1 fully saturated rings. The SMILES string of the molecule is COCCCN1c2cccnc2NC1c1cccc(CN2CCOCC2)c1. The zero-order valence-corrected chi connectivity index (χ0v) is 15.9. The summed E-state index contributed by atoms with van der Waals surface area (Å²) in [6.07, 6.45) is 2.93. The lowest BCUT2D eigenvalue weighted by atomic mass is 10.1. The van der Waals surface area contributed by atoms with E-state index in [1.807, 2.05) is 12.3 Å². The number of aromatic nitrogens is 1. The van der Waals surface area contributed by atoms with Gasteiger partial charge in [0.05, 0.1) is 18.9 Å². The van der Waals surface area contributed by atoms with Gasteiger partial charge in [0.1, 0.15) is 6.17 Å². The highest BCUT2D eigenvalue weighted by molar-refractivity contribution is 5.73. The number of morpholine rings is 1. The monoisotopic (exact) mass is 368 g/mol. The smallest absolute Gasteiger partial charge is 0.151 e. The second-order valence-corrected chi connectivity index (χ2v) is 7.09. The molecule has 1 aromatic carbocycles. The number of pyridine rings is 1. The summed E-state index contributed by atoms with van der Waals surface area (Å²) in [6.45, 7) is 6.33. The topological polar surface area (TPSA) is 49.9 Å². The molecule has 2 aliphatic heterocycles. The maximum absolute atomic E-state index is 5.46. The van der Waals surface area contributed by atoms with Gasteiger partial charge < -0.3 is 19.7 Å². The van der Waals surface area contributed by atoms with Crippen LogP contribution in [0.5, 0.6) is 0 Å². The summed E-state index contributed by atoms with van der Waals surface area (Å²) in [5.41, 5.74) is 3.78. The van der Waals surface area contributed by atoms with E-state index >= 15 is 0 Å². The molecule has 0 aliphatic carbocycles. The van der Waals surface area contributed by atoms with Crippen LogP contribution in [0.15, 0.2) is 42.6 Å². The van der Waals surface area contributed by atoms with Crippen molar-refractivity contribution in [3.05, 3.63) is 53.7 Å². The van der Waals surface area contributed by atoms with Gasteiger partial charge in [0, 0.05) is 46.1 Å². The molecule has 1 saturated heterocycles. The van der Waals surface area contributed by atoms with Gasteiger partial charge >= 0.3 is 0 Å². The van der Waals surface area contributed by atoms with E-state index in [1.54, 1.807) is 7.11 Å². The van der Waals surface area contributed by atoms with Gasteiger partial charge in [-0.2, -0.15) is 0 Å². The average molecular weight is 368 g/mol. The fourth-order valence-corrected chi connectivity index (χ4v) is 3.86. The van der Waals surface area contributed by atoms with Crippen LogP contribution in [-0.4, -0.2) is 56.4 Å². The zero-order chi connectivity index (χ0) is 18.5. The lowest BCUT2D eigenvalue weighted by Gasteiger charge is -2.29. The number of fused-ring (bicyclic) bond motifs is 1. The molecule has 0 saturated carbocycles. The molecule has 1 N–H and O–H groups in total. The Morgan fingerprint density at radius 3 is 2.96 bits per heavy atom. The normalized spacial score (nSPS) is 19.7. The van der Waals surface area contributed by atoms with Crippen molar-refractivity contribution in [1.29, 1.82) is 0 Å². The van der Waals surface area contributed by atoms with Crippen molar-refractivity contribution in [2.45, 2.75) is 19.1 Å². The van der Waals surface area contributed by atoms with Crippen LogP contribution in [-0.2, 0) is 16.0 Å². The summed E-state index contributed by atoms with van der Waals surface area (Å²) in [7, 11) is 1.75. The Bertz CT molecular complexity index is 748. The van der Waals surface area contributed by atoms with Gasteiger partial charge in [0.15, 0.2) is 5.82 Å². The minimum absolute atomic E-state index is 0.108. The summed E-state index contributed by atoms with van der Waals surface area (Å²) in [5, 5.41) is 3.60. The van der Waals surface area contributed by atoms with Crippen LogP contribution in [0, 0.1) is 0 Å². The summed E-state index contributed by atoms with van der Waals surface area (Å²) in [6, 6.07) is 13.0. The molecule has 4 rings (SSSR count). The highest BCUT2D eigenvalue weighted by Crippen LogP contribution is 2.39. The molecule has 0 radical (unpaired) electrons. The predicted molar refractivity (Wildman–Crippen MR) is 107 cm³/mol. The summed E-state index contributed by atoms with van der Waals surface area (Å²) in [4.78, 5) is 9.38. The van der Waals surface area contributed by atoms with Crippen molar-refractivity contribution < 1.29 is 9.47 Å². The lowest BCUT2D eigenvalue weighted by molar-refractivity contribution is 0.0342. The first kappa shape index (κ1) is 18.2. The lowest BCUT2D eigenvalue weighted by Crippen LogP contribution is -2.35. The summed E-state index contributed by atoms with van der Waals surface area (Å²) < 4.78 is 10.7. The third-order valence-corrected chi connectivity index (χ3v) is 5.21. The highest BCUT2D eigenvalue weighted by atomic mass is 16.5. The van der Waals surface area contributed by atoms with Gasteiger partial charge in [-0.25, -0.2) is 4.98 Å². The number of methoxy groups -OCH3 is 1. The fraction of sp³-hybridized carbons (Fsp3) is 0.476. The van der Waals surface area contributed by atoms with E-state index in [9.17, 15) is 0 Å². The minimum Gasteiger partial charge on any atom is -0.385 e. The van der Waals surface area contributed by atoms with Crippen LogP contribution in [0.4, 0.5) is 11.5 Å². The molecular formula is C21H28N4O2. The number of anilines is 2. The van der Waals surface area contributed by atoms with Crippen molar-refractivity contribution >= 4 is 11.5 Å². The maximum Gasteiger partial charge on any atom is 0.151 e. The largest absolute Gasteiger partial charge is 0.385 e. The Balaban J connectivity index is 1.53. The Kier molecular flexibility index (Phi) is 5.87. The predicted octanol–water partition coefficient (Wildman–Crippen LogP) is 2.88. The number of hydrogen-bond acceptors (Lipinski definition) is 6. The first-order valence-corrected chi connectivity index (χ1v) is 9.71. The molecule has 0 bridgehead atoms. The quantitative estimate of drug-likeness (QED) is 0.759. The molecule has 144 valence electrons. The van der Waals surface area contributed by atoms with E-state index in [4.69, 9.17) is 9.47 Å². The van der Waals surface area contributed by atoms with Crippen LogP contribution >= 0.6 is 0 Å². The summed E-state index contributed by atoms with van der Waals surface area (Å²) in [5.74, 6) is 0.957. The second kappa shape index (κ2) is 8.69. The zero-order valence-electron chi connectivity index (χ0n) is 15.9. The molecule has 1 unspecified atom stereocenters. The Morgan fingerprint density at radius 2 is 2.11 bits per heavy atom. The molecule has 6 heteroatoms. The van der Waals surface area contributed by atoms with Crippen LogP contribution < -0.4 is 10.2 Å². The fourth-order valence-electron chi connectivity index (χ4n) is 3.86. The molecule has 2 aliphatic rings. The van der Waals surface area contributed by atoms with Gasteiger partial charge in [0.25, 0.3) is 0 Å². The molecule has 0 spiro atoms. The molecular weight excluding hydrogens is 340 g/mol. The number of benzene rings is 1. The van der Waals surface area contributed by atoms with Crippen LogP contribution in [0.3, 0.4) is 0 Å². The van der Waals surface area contributed by atoms with Crippen molar-refractivity contribution in [1.82, 2.24) is 9.88 Å². The molecule has 1 atom stereocenters. The molecule has 27 heavy (non-hydrogen) atoms. The van der Waals surface area contributed by atoms with Gasteiger partial charge in [-0.3, -0.25) is 4.90 Å². The third kappa shape index (κ3) is 4.24. The van der Waals surface area contributed by atoms with E-state index in [-0.39, 0.29) is 6.17 Å². The van der Waals surface area contributed by atoms with Crippen LogP contribution in [0.1, 0.15) is 23.7 Å². The standard InChI is InChI=1S/C21H28N4O2/c1-26-12-4-9-25-19-7-3-8-22-20(19)23-21(25)18-6-2-5-17(15-18)16-24-10-13-27-14-11-24/h2-3,5-8,15,21H,4,9-14,16H2,1H3,(H,22,23). The van der Waals surface area contributed by atoms with Crippen LogP contribution in [0.25, 0.3) is 0 Å². The van der Waals surface area contributed by atoms with Crippen molar-refractivity contribution in [3.63, 3.8) is 0 Å². The number of hydrogen-bond donors (Lipinski definition) is 1. The molecule has 2 aromatic rings. The van der Waals surface area contributed by atoms with Gasteiger partial charge in [0.2, 0.25) is 0 Å². The Hall–Kier alpha value is -2.15. The highest BCUT2D eigenvalue weighted by Gasteiger charge is 2.30. The van der Waals surface area contributed by atoms with Gasteiger partial charge in [-0.15, -0.1) is 0 Å². The van der Waals surface area contributed by atoms with E-state index < -0.39 is 0 Å². The second-order valence-electron chi connectivity index (χ2n) is 7.09. The van der Waals surface area contributed by atoms with Crippen LogP contribution in [0.2, 0.25) is 0 Å². The van der Waals surface area contributed by atoms with Crippen molar-refractivity contribution in [2.24, 2.45) is 0 Å². The third-order valence-electron chi connectivity index (χ3n) is 5.21. The first-order chi connectivity index (χ1) is 13.3. The van der Waals surface area contributed by atoms with Crippen molar-refractivity contribution in [2.75, 3.05) is 56.8 Å². The average Bonchev–Trinajstić information content (AvgIpc) is 3.08. The van der Waals surface area contributed by atoms with Gasteiger partial charge in [-0.05, 0) is 29.7 Å².